The number of hydrogen-bond acceptors (Lipinski definition) is 5. The molecule has 1 aliphatic heterocycles. The van der Waals surface area contributed by atoms with Crippen molar-refractivity contribution in [2.24, 2.45) is 10.4 Å². The van der Waals surface area contributed by atoms with Crippen LogP contribution in [-0.2, 0) is 14.6 Å². The van der Waals surface area contributed by atoms with Crippen LogP contribution >= 0.6 is 24.0 Å². The van der Waals surface area contributed by atoms with E-state index >= 15 is 0 Å². The van der Waals surface area contributed by atoms with Crippen LogP contribution in [0, 0.1) is 5.41 Å². The highest BCUT2D eigenvalue weighted by Gasteiger charge is 2.21. The van der Waals surface area contributed by atoms with Crippen LogP contribution in [0.2, 0.25) is 0 Å². The highest BCUT2D eigenvalue weighted by Crippen LogP contribution is 2.12. The van der Waals surface area contributed by atoms with Gasteiger partial charge in [-0.25, -0.2) is 8.42 Å². The second kappa shape index (κ2) is 12.8. The smallest absolute Gasteiger partial charge is 0.225 e. The molecule has 166 valence electrons. The fourth-order valence-corrected chi connectivity index (χ4v) is 3.30. The first kappa shape index (κ1) is 27.4. The van der Waals surface area contributed by atoms with Crippen LogP contribution < -0.4 is 16.0 Å². The zero-order valence-electron chi connectivity index (χ0n) is 17.9. The molecule has 28 heavy (non-hydrogen) atoms. The average molecular weight is 532 g/mol. The summed E-state index contributed by atoms with van der Waals surface area (Å²) in [6.07, 6.45) is 3.19. The molecule has 0 atom stereocenters. The van der Waals surface area contributed by atoms with Gasteiger partial charge in [0, 0.05) is 50.4 Å². The molecular formula is C18H38IN5O3S. The van der Waals surface area contributed by atoms with E-state index in [1.807, 2.05) is 27.7 Å². The lowest BCUT2D eigenvalue weighted by Gasteiger charge is -2.32. The minimum atomic E-state index is -2.91. The third-order valence-electron chi connectivity index (χ3n) is 4.40. The van der Waals surface area contributed by atoms with Gasteiger partial charge in [0.25, 0.3) is 0 Å². The number of amides is 1. The van der Waals surface area contributed by atoms with Crippen molar-refractivity contribution >= 4 is 45.7 Å². The maximum absolute atomic E-state index is 11.9. The number of guanidine groups is 1. The van der Waals surface area contributed by atoms with Crippen molar-refractivity contribution in [3.63, 3.8) is 0 Å². The zero-order chi connectivity index (χ0) is 20.5. The van der Waals surface area contributed by atoms with Crippen LogP contribution in [0.5, 0.6) is 0 Å². The van der Waals surface area contributed by atoms with E-state index in [1.54, 1.807) is 0 Å². The molecule has 1 aliphatic rings. The molecule has 10 heteroatoms. The molecule has 1 heterocycles. The van der Waals surface area contributed by atoms with Crippen LogP contribution in [0.3, 0.4) is 0 Å². The van der Waals surface area contributed by atoms with Gasteiger partial charge in [0.05, 0.1) is 12.3 Å². The number of nitrogens with one attached hydrogen (secondary N) is 3. The lowest BCUT2D eigenvalue weighted by molar-refractivity contribution is -0.128. The molecular weight excluding hydrogens is 493 g/mol. The summed E-state index contributed by atoms with van der Waals surface area (Å²) in [5.74, 6) is 1.00. The second-order valence-electron chi connectivity index (χ2n) is 8.16. The monoisotopic (exact) mass is 531 g/mol. The van der Waals surface area contributed by atoms with Crippen molar-refractivity contribution < 1.29 is 13.2 Å². The number of nitrogens with zero attached hydrogens (tertiary/aromatic N) is 2. The Morgan fingerprint density at radius 2 is 1.79 bits per heavy atom. The Balaban J connectivity index is 0.00000729. The van der Waals surface area contributed by atoms with Crippen molar-refractivity contribution in [1.29, 1.82) is 0 Å². The number of likely N-dealkylation sites (tertiary alicyclic amines) is 1. The molecule has 1 amide bonds. The van der Waals surface area contributed by atoms with Crippen LogP contribution in [-0.4, -0.2) is 82.5 Å². The third-order valence-corrected chi connectivity index (χ3v) is 5.32. The predicted octanol–water partition coefficient (Wildman–Crippen LogP) is 0.831. The summed E-state index contributed by atoms with van der Waals surface area (Å²) < 4.78 is 22.6. The Hall–Kier alpha value is -0.620. The van der Waals surface area contributed by atoms with Crippen LogP contribution in [0.25, 0.3) is 0 Å². The predicted molar refractivity (Wildman–Crippen MR) is 126 cm³/mol. The Morgan fingerprint density at radius 3 is 2.29 bits per heavy atom. The molecule has 0 unspecified atom stereocenters. The van der Waals surface area contributed by atoms with Crippen molar-refractivity contribution in [3.8, 4) is 0 Å². The number of piperidine rings is 1. The molecule has 1 fully saturated rings. The molecule has 0 aromatic carbocycles. The summed E-state index contributed by atoms with van der Waals surface area (Å²) in [5.41, 5.74) is -0.391. The molecule has 0 bridgehead atoms. The van der Waals surface area contributed by atoms with Crippen LogP contribution in [0.15, 0.2) is 4.99 Å². The number of rotatable bonds is 8. The minimum absolute atomic E-state index is 0. The Labute approximate surface area is 187 Å². The summed E-state index contributed by atoms with van der Waals surface area (Å²) >= 11 is 0. The minimum Gasteiger partial charge on any atom is -0.357 e. The topological polar surface area (TPSA) is 103 Å². The van der Waals surface area contributed by atoms with Gasteiger partial charge < -0.3 is 20.9 Å². The van der Waals surface area contributed by atoms with Gasteiger partial charge >= 0.3 is 0 Å². The number of halogens is 1. The lowest BCUT2D eigenvalue weighted by Crippen LogP contribution is -2.49. The number of carbonyl (C=O) groups excluding carboxylic acids is 1. The van der Waals surface area contributed by atoms with Gasteiger partial charge in [0.1, 0.15) is 9.84 Å². The molecule has 8 nitrogen and oxygen atoms in total. The molecule has 0 spiro atoms. The van der Waals surface area contributed by atoms with E-state index in [1.165, 1.54) is 6.26 Å². The first-order valence-electron chi connectivity index (χ1n) is 9.74. The maximum atomic E-state index is 11.9. The van der Waals surface area contributed by atoms with E-state index in [0.29, 0.717) is 25.7 Å². The van der Waals surface area contributed by atoms with Gasteiger partial charge in [-0.3, -0.25) is 9.79 Å². The van der Waals surface area contributed by atoms with Crippen molar-refractivity contribution in [3.05, 3.63) is 0 Å². The largest absolute Gasteiger partial charge is 0.357 e. The van der Waals surface area contributed by atoms with Gasteiger partial charge in [0.15, 0.2) is 5.96 Å². The van der Waals surface area contributed by atoms with Gasteiger partial charge in [-0.1, -0.05) is 20.8 Å². The summed E-state index contributed by atoms with van der Waals surface area (Å²) in [7, 11) is -2.91. The molecule has 0 radical (unpaired) electrons. The number of hydrogen-bond donors (Lipinski definition) is 3. The van der Waals surface area contributed by atoms with E-state index < -0.39 is 15.3 Å². The quantitative estimate of drug-likeness (QED) is 0.186. The zero-order valence-corrected chi connectivity index (χ0v) is 21.0. The molecule has 0 aromatic rings. The van der Waals surface area contributed by atoms with E-state index in [9.17, 15) is 13.2 Å². The van der Waals surface area contributed by atoms with E-state index in [0.717, 1.165) is 38.4 Å². The molecule has 0 aromatic heterocycles. The van der Waals surface area contributed by atoms with E-state index in [4.69, 9.17) is 0 Å². The SMILES string of the molecule is CCNC(=NCCNC(=O)C(C)(C)C)NC1CCN(CCS(C)(=O)=O)CC1.I. The Bertz CT molecular complexity index is 597. The molecule has 0 aliphatic carbocycles. The van der Waals surface area contributed by atoms with Crippen molar-refractivity contribution in [2.45, 2.75) is 46.6 Å². The highest BCUT2D eigenvalue weighted by atomic mass is 127. The summed E-state index contributed by atoms with van der Waals surface area (Å²) in [4.78, 5) is 18.6. The van der Waals surface area contributed by atoms with Gasteiger partial charge in [-0.05, 0) is 19.8 Å². The second-order valence-corrected chi connectivity index (χ2v) is 10.4. The summed E-state index contributed by atoms with van der Waals surface area (Å²) in [6.45, 7) is 11.9. The normalized spacial score (nSPS) is 17.0. The standard InChI is InChI=1S/C18H37N5O3S.HI/c1-6-19-17(21-10-9-20-16(24)18(2,3)4)22-15-7-11-23(12-8-15)13-14-27(5,25)26;/h15H,6-14H2,1-5H3,(H,20,24)(H2,19,21,22);1H. The fourth-order valence-electron chi connectivity index (χ4n) is 2.71. The molecule has 0 saturated carbocycles. The maximum Gasteiger partial charge on any atom is 0.225 e. The summed E-state index contributed by atoms with van der Waals surface area (Å²) in [6, 6.07) is 0.321. The highest BCUT2D eigenvalue weighted by molar-refractivity contribution is 14.0. The summed E-state index contributed by atoms with van der Waals surface area (Å²) in [5, 5.41) is 9.59. The van der Waals surface area contributed by atoms with Crippen molar-refractivity contribution in [1.82, 2.24) is 20.9 Å². The molecule has 1 saturated heterocycles. The van der Waals surface area contributed by atoms with Gasteiger partial charge in [-0.15, -0.1) is 24.0 Å². The lowest BCUT2D eigenvalue weighted by atomic mass is 9.96. The first-order chi connectivity index (χ1) is 12.5. The first-order valence-corrected chi connectivity index (χ1v) is 11.8. The van der Waals surface area contributed by atoms with Crippen LogP contribution in [0.4, 0.5) is 0 Å². The number of carbonyl (C=O) groups is 1. The van der Waals surface area contributed by atoms with E-state index in [2.05, 4.69) is 25.8 Å². The Morgan fingerprint density at radius 1 is 1.18 bits per heavy atom. The van der Waals surface area contributed by atoms with E-state index in [-0.39, 0.29) is 35.6 Å². The van der Waals surface area contributed by atoms with Gasteiger partial charge in [-0.2, -0.15) is 0 Å². The fraction of sp³-hybridized carbons (Fsp3) is 0.889. The third kappa shape index (κ3) is 12.1. The Kier molecular flexibility index (Phi) is 12.6. The van der Waals surface area contributed by atoms with Crippen LogP contribution in [0.1, 0.15) is 40.5 Å². The number of sulfone groups is 1. The molecule has 3 N–H and O–H groups in total. The number of aliphatic imine (C=N–C) groups is 1. The van der Waals surface area contributed by atoms with Gasteiger partial charge in [0.2, 0.25) is 5.91 Å². The molecule has 1 rings (SSSR count). The van der Waals surface area contributed by atoms with Crippen molar-refractivity contribution in [2.75, 3.05) is 51.3 Å². The average Bonchev–Trinajstić information content (AvgIpc) is 2.56.